The Labute approximate surface area is 143 Å². The third-order valence-corrected chi connectivity index (χ3v) is 5.88. The average Bonchev–Trinajstić information content (AvgIpc) is 2.90. The summed E-state index contributed by atoms with van der Waals surface area (Å²) < 4.78 is 0. The van der Waals surface area contributed by atoms with Gasteiger partial charge in [0.15, 0.2) is 0 Å². The smallest absolute Gasteiger partial charge is 0.238 e. The zero-order chi connectivity index (χ0) is 16.6. The van der Waals surface area contributed by atoms with Gasteiger partial charge in [0.2, 0.25) is 5.91 Å². The van der Waals surface area contributed by atoms with Gasteiger partial charge in [-0.2, -0.15) is 5.26 Å². The first kappa shape index (κ1) is 15.6. The first-order valence-corrected chi connectivity index (χ1v) is 9.00. The molecule has 0 radical (unpaired) electrons. The average molecular weight is 324 g/mol. The molecule has 1 aromatic carbocycles. The number of nitrogens with one attached hydrogen (secondary N) is 1. The number of rotatable bonds is 2. The topological polar surface area (TPSA) is 59.4 Å². The van der Waals surface area contributed by atoms with Gasteiger partial charge < -0.3 is 5.32 Å². The molecule has 24 heavy (non-hydrogen) atoms. The first-order chi connectivity index (χ1) is 11.7. The van der Waals surface area contributed by atoms with Gasteiger partial charge >= 0.3 is 0 Å². The van der Waals surface area contributed by atoms with Crippen LogP contribution in [-0.2, 0) is 11.3 Å². The Morgan fingerprint density at radius 2 is 1.92 bits per heavy atom. The lowest BCUT2D eigenvalue weighted by Crippen LogP contribution is -2.59. The van der Waals surface area contributed by atoms with Crippen LogP contribution in [0.2, 0.25) is 0 Å². The molecule has 0 saturated carbocycles. The van der Waals surface area contributed by atoms with Crippen LogP contribution in [0, 0.1) is 11.3 Å². The summed E-state index contributed by atoms with van der Waals surface area (Å²) in [6.45, 7) is 3.98. The minimum Gasteiger partial charge on any atom is -0.336 e. The van der Waals surface area contributed by atoms with Gasteiger partial charge in [-0.25, -0.2) is 0 Å². The summed E-state index contributed by atoms with van der Waals surface area (Å²) in [4.78, 5) is 17.2. The molecule has 1 unspecified atom stereocenters. The Bertz CT molecular complexity index is 655. The van der Waals surface area contributed by atoms with Gasteiger partial charge in [-0.15, -0.1) is 0 Å². The van der Waals surface area contributed by atoms with E-state index in [0.29, 0.717) is 5.56 Å². The van der Waals surface area contributed by atoms with E-state index >= 15 is 0 Å². The minimum atomic E-state index is -0.0939. The van der Waals surface area contributed by atoms with Gasteiger partial charge in [-0.05, 0) is 43.4 Å². The summed E-state index contributed by atoms with van der Waals surface area (Å²) in [5, 5.41) is 12.2. The summed E-state index contributed by atoms with van der Waals surface area (Å²) >= 11 is 0. The lowest BCUT2D eigenvalue weighted by Gasteiger charge is -2.46. The molecule has 0 bridgehead atoms. The molecule has 126 valence electrons. The molecule has 0 aromatic heterocycles. The van der Waals surface area contributed by atoms with Crippen LogP contribution in [0.5, 0.6) is 0 Å². The molecule has 1 aromatic rings. The Hall–Kier alpha value is -1.90. The Morgan fingerprint density at radius 3 is 2.62 bits per heavy atom. The van der Waals surface area contributed by atoms with Crippen LogP contribution in [0.15, 0.2) is 24.3 Å². The van der Waals surface area contributed by atoms with Gasteiger partial charge in [-0.3, -0.25) is 14.6 Å². The normalized spacial score (nSPS) is 26.8. The predicted octanol–water partition coefficient (Wildman–Crippen LogP) is 1.83. The van der Waals surface area contributed by atoms with Crippen molar-refractivity contribution in [2.75, 3.05) is 19.6 Å². The highest BCUT2D eigenvalue weighted by Gasteiger charge is 2.52. The highest BCUT2D eigenvalue weighted by Crippen LogP contribution is 2.37. The summed E-state index contributed by atoms with van der Waals surface area (Å²) in [5.74, 6) is 0.246. The van der Waals surface area contributed by atoms with Gasteiger partial charge in [0, 0.05) is 26.2 Å². The van der Waals surface area contributed by atoms with E-state index in [1.54, 1.807) is 0 Å². The van der Waals surface area contributed by atoms with Crippen molar-refractivity contribution >= 4 is 5.91 Å². The van der Waals surface area contributed by atoms with E-state index in [2.05, 4.69) is 21.2 Å². The monoisotopic (exact) mass is 324 g/mol. The zero-order valence-corrected chi connectivity index (χ0v) is 14.0. The first-order valence-electron chi connectivity index (χ1n) is 9.00. The van der Waals surface area contributed by atoms with Crippen molar-refractivity contribution in [3.63, 3.8) is 0 Å². The van der Waals surface area contributed by atoms with Gasteiger partial charge in [-0.1, -0.05) is 18.6 Å². The molecule has 4 rings (SSSR count). The second kappa shape index (κ2) is 6.19. The highest BCUT2D eigenvalue weighted by molar-refractivity contribution is 5.85. The molecule has 1 N–H and O–H groups in total. The van der Waals surface area contributed by atoms with Crippen LogP contribution in [0.3, 0.4) is 0 Å². The van der Waals surface area contributed by atoms with Crippen LogP contribution >= 0.6 is 0 Å². The molecule has 5 nitrogen and oxygen atoms in total. The van der Waals surface area contributed by atoms with E-state index in [9.17, 15) is 4.79 Å². The van der Waals surface area contributed by atoms with Gasteiger partial charge in [0.05, 0.1) is 23.3 Å². The number of hydrogen-bond acceptors (Lipinski definition) is 4. The van der Waals surface area contributed by atoms with Crippen molar-refractivity contribution < 1.29 is 4.79 Å². The van der Waals surface area contributed by atoms with E-state index in [0.717, 1.165) is 45.4 Å². The van der Waals surface area contributed by atoms with Crippen LogP contribution in [-0.4, -0.2) is 47.0 Å². The maximum absolute atomic E-state index is 12.3. The van der Waals surface area contributed by atoms with Crippen molar-refractivity contribution in [2.24, 2.45) is 0 Å². The Morgan fingerprint density at radius 1 is 1.17 bits per heavy atom. The highest BCUT2D eigenvalue weighted by atomic mass is 16.2. The second-order valence-electron chi connectivity index (χ2n) is 7.31. The van der Waals surface area contributed by atoms with Crippen LogP contribution in [0.1, 0.15) is 43.2 Å². The van der Waals surface area contributed by atoms with Crippen molar-refractivity contribution in [3.05, 3.63) is 35.4 Å². The molecule has 3 aliphatic heterocycles. The number of fused-ring (bicyclic) bond motifs is 2. The number of nitrogens with zero attached hydrogens (tertiary/aromatic N) is 3. The van der Waals surface area contributed by atoms with Crippen LogP contribution in [0.25, 0.3) is 0 Å². The number of carbonyl (C=O) groups excluding carboxylic acids is 1. The van der Waals surface area contributed by atoms with Crippen LogP contribution < -0.4 is 5.32 Å². The van der Waals surface area contributed by atoms with E-state index in [1.807, 2.05) is 24.3 Å². The number of carbonyl (C=O) groups is 1. The quantitative estimate of drug-likeness (QED) is 0.902. The summed E-state index contributed by atoms with van der Waals surface area (Å²) in [7, 11) is 0. The van der Waals surface area contributed by atoms with E-state index in [1.165, 1.54) is 18.4 Å². The number of amides is 1. The molecule has 0 aliphatic carbocycles. The maximum atomic E-state index is 12.3. The van der Waals surface area contributed by atoms with Crippen molar-refractivity contribution in [1.29, 1.82) is 5.26 Å². The van der Waals surface area contributed by atoms with Crippen LogP contribution in [0.4, 0.5) is 0 Å². The van der Waals surface area contributed by atoms with Crippen molar-refractivity contribution in [1.82, 2.24) is 15.1 Å². The lowest BCUT2D eigenvalue weighted by atomic mass is 9.92. The molecule has 3 aliphatic rings. The third-order valence-electron chi connectivity index (χ3n) is 5.88. The Balaban J connectivity index is 1.39. The van der Waals surface area contributed by atoms with Crippen molar-refractivity contribution in [2.45, 2.75) is 50.4 Å². The Kier molecular flexibility index (Phi) is 4.03. The summed E-state index contributed by atoms with van der Waals surface area (Å²) in [6, 6.07) is 10.1. The largest absolute Gasteiger partial charge is 0.336 e. The number of nitriles is 1. The zero-order valence-electron chi connectivity index (χ0n) is 14.0. The molecular weight excluding hydrogens is 300 g/mol. The minimum absolute atomic E-state index is 0.0939. The summed E-state index contributed by atoms with van der Waals surface area (Å²) in [5.41, 5.74) is 1.86. The number of benzene rings is 1. The third kappa shape index (κ3) is 2.70. The lowest BCUT2D eigenvalue weighted by molar-refractivity contribution is -0.122. The molecule has 3 saturated heterocycles. The SMILES string of the molecule is N#Cc1ccc(CN2CCC3(CC2)NC(=O)C2CCCCN23)cc1. The number of hydrogen-bond donors (Lipinski definition) is 1. The van der Waals surface area contributed by atoms with E-state index in [4.69, 9.17) is 5.26 Å². The fraction of sp³-hybridized carbons (Fsp3) is 0.579. The molecule has 5 heteroatoms. The number of piperidine rings is 2. The molecule has 1 atom stereocenters. The molecule has 1 spiro atoms. The van der Waals surface area contributed by atoms with Gasteiger partial charge in [0.25, 0.3) is 0 Å². The standard InChI is InChI=1S/C19H24N4O/c20-13-15-4-6-16(7-5-15)14-22-11-8-19(9-12-22)21-18(24)17-3-1-2-10-23(17)19/h4-7,17H,1-3,8-12,14H2,(H,21,24). The summed E-state index contributed by atoms with van der Waals surface area (Å²) in [6.07, 6.45) is 5.41. The predicted molar refractivity (Wildman–Crippen MR) is 90.9 cm³/mol. The number of likely N-dealkylation sites (tertiary alicyclic amines) is 1. The van der Waals surface area contributed by atoms with Crippen molar-refractivity contribution in [3.8, 4) is 6.07 Å². The molecular formula is C19H24N4O. The fourth-order valence-corrected chi connectivity index (χ4v) is 4.54. The molecule has 3 heterocycles. The molecule has 3 fully saturated rings. The fourth-order valence-electron chi connectivity index (χ4n) is 4.54. The second-order valence-corrected chi connectivity index (χ2v) is 7.31. The van der Waals surface area contributed by atoms with Gasteiger partial charge in [0.1, 0.15) is 0 Å². The van der Waals surface area contributed by atoms with E-state index < -0.39 is 0 Å². The maximum Gasteiger partial charge on any atom is 0.238 e. The molecule has 1 amide bonds. The van der Waals surface area contributed by atoms with E-state index in [-0.39, 0.29) is 17.6 Å².